The largest absolute Gasteiger partial charge is 0.355 e. The van der Waals surface area contributed by atoms with Crippen molar-refractivity contribution in [3.63, 3.8) is 0 Å². The fraction of sp³-hybridized carbons (Fsp3) is 0.200. The molecule has 1 aliphatic rings. The molecule has 2 aromatic heterocycles. The Morgan fingerprint density at radius 1 is 0.938 bits per heavy atom. The number of hydrogen-bond donors (Lipinski definition) is 1. The fourth-order valence-electron chi connectivity index (χ4n) is 4.01. The molecule has 1 saturated heterocycles. The lowest BCUT2D eigenvalue weighted by atomic mass is 10.1. The van der Waals surface area contributed by atoms with Gasteiger partial charge < -0.3 is 10.2 Å². The van der Waals surface area contributed by atoms with Crippen LogP contribution >= 0.6 is 0 Å². The fourth-order valence-corrected chi connectivity index (χ4v) is 4.01. The summed E-state index contributed by atoms with van der Waals surface area (Å²) in [5.41, 5.74) is 4.62. The Morgan fingerprint density at radius 3 is 2.50 bits per heavy atom. The third-order valence-corrected chi connectivity index (χ3v) is 5.75. The molecule has 7 heteroatoms. The van der Waals surface area contributed by atoms with Crippen molar-refractivity contribution in [3.05, 3.63) is 84.2 Å². The van der Waals surface area contributed by atoms with Gasteiger partial charge in [-0.3, -0.25) is 4.79 Å². The van der Waals surface area contributed by atoms with Crippen LogP contribution in [0.25, 0.3) is 16.9 Å². The van der Waals surface area contributed by atoms with Gasteiger partial charge in [-0.2, -0.15) is 5.10 Å². The van der Waals surface area contributed by atoms with Crippen LogP contribution in [0.3, 0.4) is 0 Å². The average Bonchev–Trinajstić information content (AvgIpc) is 3.50. The summed E-state index contributed by atoms with van der Waals surface area (Å²) in [5, 5.41) is 16.2. The number of rotatable bonds is 5. The van der Waals surface area contributed by atoms with Crippen molar-refractivity contribution in [1.82, 2.24) is 20.0 Å². The molecule has 1 amide bonds. The summed E-state index contributed by atoms with van der Waals surface area (Å²) >= 11 is 0. The Balaban J connectivity index is 1.33. The zero-order valence-corrected chi connectivity index (χ0v) is 17.9. The number of benzene rings is 2. The topological polar surface area (TPSA) is 75.9 Å². The molecule has 0 spiro atoms. The van der Waals surface area contributed by atoms with Gasteiger partial charge in [0.1, 0.15) is 0 Å². The van der Waals surface area contributed by atoms with E-state index in [0.29, 0.717) is 11.3 Å². The molecule has 1 N–H and O–H groups in total. The van der Waals surface area contributed by atoms with Crippen molar-refractivity contribution in [2.45, 2.75) is 19.8 Å². The molecule has 1 aliphatic heterocycles. The van der Waals surface area contributed by atoms with Gasteiger partial charge in [0.15, 0.2) is 5.82 Å². The minimum atomic E-state index is -0.197. The monoisotopic (exact) mass is 424 g/mol. The van der Waals surface area contributed by atoms with Gasteiger partial charge in [0.2, 0.25) is 0 Å². The highest BCUT2D eigenvalue weighted by Gasteiger charge is 2.16. The summed E-state index contributed by atoms with van der Waals surface area (Å²) in [4.78, 5) is 15.2. The van der Waals surface area contributed by atoms with E-state index in [1.807, 2.05) is 73.7 Å². The number of anilines is 2. The lowest BCUT2D eigenvalue weighted by molar-refractivity contribution is 0.102. The van der Waals surface area contributed by atoms with Gasteiger partial charge in [0.25, 0.3) is 5.91 Å². The van der Waals surface area contributed by atoms with E-state index in [-0.39, 0.29) is 5.91 Å². The van der Waals surface area contributed by atoms with E-state index >= 15 is 0 Å². The van der Waals surface area contributed by atoms with Gasteiger partial charge in [0, 0.05) is 24.3 Å². The number of aromatic nitrogens is 4. The Kier molecular flexibility index (Phi) is 5.37. The van der Waals surface area contributed by atoms with Crippen LogP contribution in [0.4, 0.5) is 11.5 Å². The van der Waals surface area contributed by atoms with Gasteiger partial charge in [-0.05, 0) is 56.2 Å². The van der Waals surface area contributed by atoms with E-state index in [1.165, 1.54) is 12.8 Å². The first-order valence-electron chi connectivity index (χ1n) is 10.8. The second kappa shape index (κ2) is 8.63. The standard InChI is InChI=1S/C25H24N6O/c1-18-22(17-26-31(18)21-10-3-2-4-11-21)25(32)27-20-9-7-8-19(16-20)23-12-13-24(29-28-23)30-14-5-6-15-30/h2-4,7-13,16-17H,5-6,14-15H2,1H3,(H,27,32). The van der Waals surface area contributed by atoms with Crippen LogP contribution in [0.2, 0.25) is 0 Å². The summed E-state index contributed by atoms with van der Waals surface area (Å²) < 4.78 is 1.77. The average molecular weight is 425 g/mol. The van der Waals surface area contributed by atoms with Crippen LogP contribution in [0.5, 0.6) is 0 Å². The number of amides is 1. The number of carbonyl (C=O) groups excluding carboxylic acids is 1. The van der Waals surface area contributed by atoms with Crippen molar-refractivity contribution in [1.29, 1.82) is 0 Å². The zero-order valence-electron chi connectivity index (χ0n) is 17.9. The maximum Gasteiger partial charge on any atom is 0.259 e. The number of carbonyl (C=O) groups is 1. The molecule has 0 radical (unpaired) electrons. The van der Waals surface area contributed by atoms with E-state index in [0.717, 1.165) is 41.5 Å². The van der Waals surface area contributed by atoms with E-state index in [4.69, 9.17) is 0 Å². The predicted octanol–water partition coefficient (Wildman–Crippen LogP) is 4.49. The molecule has 32 heavy (non-hydrogen) atoms. The highest BCUT2D eigenvalue weighted by Crippen LogP contribution is 2.24. The van der Waals surface area contributed by atoms with E-state index in [2.05, 4.69) is 25.5 Å². The maximum atomic E-state index is 12.9. The normalized spacial score (nSPS) is 13.3. The van der Waals surface area contributed by atoms with Crippen molar-refractivity contribution < 1.29 is 4.79 Å². The van der Waals surface area contributed by atoms with Crippen LogP contribution < -0.4 is 10.2 Å². The van der Waals surface area contributed by atoms with Gasteiger partial charge in [-0.25, -0.2) is 4.68 Å². The van der Waals surface area contributed by atoms with Gasteiger partial charge in [-0.15, -0.1) is 10.2 Å². The van der Waals surface area contributed by atoms with Crippen molar-refractivity contribution in [2.75, 3.05) is 23.3 Å². The molecule has 4 aromatic rings. The van der Waals surface area contributed by atoms with Crippen molar-refractivity contribution in [2.24, 2.45) is 0 Å². The van der Waals surface area contributed by atoms with Crippen LogP contribution in [-0.2, 0) is 0 Å². The lowest BCUT2D eigenvalue weighted by Crippen LogP contribution is -2.19. The smallest absolute Gasteiger partial charge is 0.259 e. The molecule has 7 nitrogen and oxygen atoms in total. The summed E-state index contributed by atoms with van der Waals surface area (Å²) in [6.07, 6.45) is 4.01. The summed E-state index contributed by atoms with van der Waals surface area (Å²) in [7, 11) is 0. The molecular formula is C25H24N6O. The second-order valence-corrected chi connectivity index (χ2v) is 7.90. The van der Waals surface area contributed by atoms with Crippen molar-refractivity contribution in [3.8, 4) is 16.9 Å². The van der Waals surface area contributed by atoms with Crippen LogP contribution in [-0.4, -0.2) is 39.0 Å². The Hall–Kier alpha value is -4.00. The van der Waals surface area contributed by atoms with Crippen LogP contribution in [0.1, 0.15) is 28.9 Å². The highest BCUT2D eigenvalue weighted by atomic mass is 16.1. The Morgan fingerprint density at radius 2 is 1.75 bits per heavy atom. The third kappa shape index (κ3) is 3.97. The number of nitrogens with zero attached hydrogens (tertiary/aromatic N) is 5. The Labute approximate surface area is 186 Å². The third-order valence-electron chi connectivity index (χ3n) is 5.75. The van der Waals surface area contributed by atoms with E-state index in [1.54, 1.807) is 10.9 Å². The van der Waals surface area contributed by atoms with Gasteiger partial charge >= 0.3 is 0 Å². The Bertz CT molecular complexity index is 1230. The first-order valence-corrected chi connectivity index (χ1v) is 10.8. The second-order valence-electron chi connectivity index (χ2n) is 7.90. The molecule has 2 aromatic carbocycles. The summed E-state index contributed by atoms with van der Waals surface area (Å²) in [6.45, 7) is 3.97. The SMILES string of the molecule is Cc1c(C(=O)Nc2cccc(-c3ccc(N4CCCC4)nn3)c2)cnn1-c1ccccc1. The summed E-state index contributed by atoms with van der Waals surface area (Å²) in [5.74, 6) is 0.721. The molecule has 3 heterocycles. The first-order chi connectivity index (χ1) is 15.7. The molecule has 0 unspecified atom stereocenters. The lowest BCUT2D eigenvalue weighted by Gasteiger charge is -2.15. The predicted molar refractivity (Wildman–Crippen MR) is 125 cm³/mol. The molecular weight excluding hydrogens is 400 g/mol. The highest BCUT2D eigenvalue weighted by molar-refractivity contribution is 6.05. The molecule has 0 bridgehead atoms. The first kappa shape index (κ1) is 19.9. The van der Waals surface area contributed by atoms with Crippen LogP contribution in [0.15, 0.2) is 72.9 Å². The van der Waals surface area contributed by atoms with E-state index in [9.17, 15) is 4.79 Å². The number of hydrogen-bond acceptors (Lipinski definition) is 5. The molecule has 1 fully saturated rings. The molecule has 0 aliphatic carbocycles. The minimum Gasteiger partial charge on any atom is -0.355 e. The summed E-state index contributed by atoms with van der Waals surface area (Å²) in [6, 6.07) is 21.4. The van der Waals surface area contributed by atoms with Gasteiger partial charge in [0.05, 0.1) is 28.8 Å². The van der Waals surface area contributed by atoms with Crippen LogP contribution in [0, 0.1) is 6.92 Å². The molecule has 0 saturated carbocycles. The molecule has 5 rings (SSSR count). The number of nitrogens with one attached hydrogen (secondary N) is 1. The van der Waals surface area contributed by atoms with Crippen molar-refractivity contribution >= 4 is 17.4 Å². The zero-order chi connectivity index (χ0) is 21.9. The minimum absolute atomic E-state index is 0.197. The maximum absolute atomic E-state index is 12.9. The molecule has 0 atom stereocenters. The number of para-hydroxylation sites is 1. The quantitative estimate of drug-likeness (QED) is 0.511. The molecule has 160 valence electrons. The van der Waals surface area contributed by atoms with Gasteiger partial charge in [-0.1, -0.05) is 30.3 Å². The van der Waals surface area contributed by atoms with E-state index < -0.39 is 0 Å².